The van der Waals surface area contributed by atoms with E-state index in [1.165, 1.54) is 6.08 Å². The highest BCUT2D eigenvalue weighted by molar-refractivity contribution is 6.74. The molecule has 0 bridgehead atoms. The first kappa shape index (κ1) is 25.1. The number of aromatic nitrogens is 1. The van der Waals surface area contributed by atoms with Gasteiger partial charge in [0.2, 0.25) is 5.78 Å². The number of carbonyl (C=O) groups is 2. The summed E-state index contributed by atoms with van der Waals surface area (Å²) in [6.45, 7) is 12.6. The molecule has 2 aromatic rings. The van der Waals surface area contributed by atoms with Crippen LogP contribution in [0.5, 0.6) is 5.88 Å². The van der Waals surface area contributed by atoms with Crippen LogP contribution in [0.1, 0.15) is 67.8 Å². The molecule has 5 rings (SSSR count). The minimum absolute atomic E-state index is 0.141. The van der Waals surface area contributed by atoms with Crippen LogP contribution in [0.2, 0.25) is 18.1 Å². The second-order valence-corrected chi connectivity index (χ2v) is 16.4. The molecule has 1 aromatic carbocycles. The molecule has 1 aliphatic heterocycles. The molecule has 1 fully saturated rings. The van der Waals surface area contributed by atoms with Crippen molar-refractivity contribution in [2.24, 2.45) is 5.92 Å². The van der Waals surface area contributed by atoms with Crippen molar-refractivity contribution in [2.75, 3.05) is 13.1 Å². The summed E-state index contributed by atoms with van der Waals surface area (Å²) < 4.78 is 18.9. The van der Waals surface area contributed by atoms with Gasteiger partial charge in [-0.1, -0.05) is 57.2 Å². The minimum atomic E-state index is -2.54. The zero-order valence-electron chi connectivity index (χ0n) is 21.9. The van der Waals surface area contributed by atoms with E-state index in [9.17, 15) is 9.59 Å². The maximum absolute atomic E-state index is 14.5. The van der Waals surface area contributed by atoms with Gasteiger partial charge in [-0.2, -0.15) is 0 Å². The van der Waals surface area contributed by atoms with Gasteiger partial charge in [-0.3, -0.25) is 14.5 Å². The molecule has 0 N–H and O–H groups in total. The summed E-state index contributed by atoms with van der Waals surface area (Å²) in [6.07, 6.45) is 6.11. The van der Waals surface area contributed by atoms with E-state index in [4.69, 9.17) is 13.7 Å². The minimum Gasteiger partial charge on any atom is -0.470 e. The fourth-order valence-corrected chi connectivity index (χ4v) is 6.94. The van der Waals surface area contributed by atoms with E-state index in [-0.39, 0.29) is 46.6 Å². The number of hydrogen-bond acceptors (Lipinski definition) is 7. The Morgan fingerprint density at radius 3 is 2.50 bits per heavy atom. The highest BCUT2D eigenvalue weighted by Gasteiger charge is 2.65. The lowest BCUT2D eigenvalue weighted by Crippen LogP contribution is -2.66. The summed E-state index contributed by atoms with van der Waals surface area (Å²) in [5.41, 5.74) is -0.383. The topological polar surface area (TPSA) is 81.9 Å². The Kier molecular flexibility index (Phi) is 6.33. The van der Waals surface area contributed by atoms with Crippen molar-refractivity contribution in [1.29, 1.82) is 0 Å². The van der Waals surface area contributed by atoms with Crippen molar-refractivity contribution in [3.63, 3.8) is 0 Å². The molecular weight excluding hydrogens is 472 g/mol. The molecule has 0 amide bonds. The maximum Gasteiger partial charge on any atom is 0.265 e. The van der Waals surface area contributed by atoms with Crippen molar-refractivity contribution in [1.82, 2.24) is 10.1 Å². The molecule has 2 unspecified atom stereocenters. The zero-order valence-corrected chi connectivity index (χ0v) is 22.9. The summed E-state index contributed by atoms with van der Waals surface area (Å²) in [6, 6.07) is 9.44. The van der Waals surface area contributed by atoms with Crippen molar-refractivity contribution < 1.29 is 23.3 Å². The van der Waals surface area contributed by atoms with Gasteiger partial charge < -0.3 is 13.7 Å². The van der Waals surface area contributed by atoms with Gasteiger partial charge >= 0.3 is 0 Å². The molecule has 3 atom stereocenters. The standard InChI is InChI=1S/C28H36N2O5Si/c1-27(2,3)36(4,5)35-28-20(14-11-15-21(28)31)23(30-16-9-10-17-30)24-22(25(28)32)26(29-34-24)33-18-19-12-7-6-8-13-19/h6-8,11-13,15,20,23H,9-10,14,16-18H2,1-5H3/t20?,23-,28?/m0/s1. The molecule has 0 spiro atoms. The second kappa shape index (κ2) is 9.08. The number of ether oxygens (including phenoxy) is 1. The Balaban J connectivity index is 1.63. The number of fused-ring (bicyclic) bond motifs is 2. The molecule has 0 radical (unpaired) electrons. The van der Waals surface area contributed by atoms with Crippen molar-refractivity contribution in [2.45, 2.75) is 76.4 Å². The van der Waals surface area contributed by atoms with Gasteiger partial charge in [0, 0.05) is 5.92 Å². The van der Waals surface area contributed by atoms with Crippen LogP contribution in [0, 0.1) is 5.92 Å². The highest BCUT2D eigenvalue weighted by Crippen LogP contribution is 2.54. The number of carbonyl (C=O) groups excluding carboxylic acids is 2. The van der Waals surface area contributed by atoms with Crippen LogP contribution in [0.25, 0.3) is 0 Å². The molecule has 1 aromatic heterocycles. The van der Waals surface area contributed by atoms with Crippen molar-refractivity contribution in [3.05, 3.63) is 59.4 Å². The number of allylic oxidation sites excluding steroid dienone is 1. The number of ketones is 2. The molecule has 36 heavy (non-hydrogen) atoms. The number of hydrogen-bond donors (Lipinski definition) is 0. The fourth-order valence-electron chi connectivity index (χ4n) is 5.48. The highest BCUT2D eigenvalue weighted by atomic mass is 28.4. The summed E-state index contributed by atoms with van der Waals surface area (Å²) in [5, 5.41) is 4.04. The summed E-state index contributed by atoms with van der Waals surface area (Å²) in [4.78, 5) is 30.6. The monoisotopic (exact) mass is 508 g/mol. The summed E-state index contributed by atoms with van der Waals surface area (Å²) in [5.74, 6) is -0.383. The Morgan fingerprint density at radius 2 is 1.83 bits per heavy atom. The van der Waals surface area contributed by atoms with Gasteiger partial charge in [0.1, 0.15) is 12.2 Å². The lowest BCUT2D eigenvalue weighted by molar-refractivity contribution is -0.135. The van der Waals surface area contributed by atoms with E-state index in [0.717, 1.165) is 31.5 Å². The van der Waals surface area contributed by atoms with E-state index < -0.39 is 13.9 Å². The molecule has 7 nitrogen and oxygen atoms in total. The van der Waals surface area contributed by atoms with Crippen molar-refractivity contribution >= 4 is 19.9 Å². The predicted molar refractivity (Wildman–Crippen MR) is 138 cm³/mol. The smallest absolute Gasteiger partial charge is 0.265 e. The number of Topliss-reactive ketones (excluding diaryl/α,β-unsaturated/α-hetero) is 1. The third-order valence-electron chi connectivity index (χ3n) is 8.42. The molecule has 8 heteroatoms. The second-order valence-electron chi connectivity index (χ2n) is 11.7. The van der Waals surface area contributed by atoms with Crippen molar-refractivity contribution in [3.8, 4) is 5.88 Å². The Labute approximate surface area is 213 Å². The molecule has 0 saturated carbocycles. The lowest BCUT2D eigenvalue weighted by atomic mass is 9.65. The van der Waals surface area contributed by atoms with Gasteiger partial charge in [-0.15, -0.1) is 0 Å². The number of nitrogens with zero attached hydrogens (tertiary/aromatic N) is 2. The van der Waals surface area contributed by atoms with Gasteiger partial charge in [-0.05, 0) is 67.3 Å². The van der Waals surface area contributed by atoms with Gasteiger partial charge in [0.15, 0.2) is 25.5 Å². The van der Waals surface area contributed by atoms with Crippen LogP contribution < -0.4 is 4.74 Å². The largest absolute Gasteiger partial charge is 0.470 e. The maximum atomic E-state index is 14.5. The average Bonchev–Trinajstić information content (AvgIpc) is 3.50. The third kappa shape index (κ3) is 3.99. The molecule has 1 saturated heterocycles. The number of benzene rings is 1. The summed E-state index contributed by atoms with van der Waals surface area (Å²) >= 11 is 0. The van der Waals surface area contributed by atoms with Gasteiger partial charge in [0.25, 0.3) is 5.88 Å². The Hall–Kier alpha value is -2.55. The number of likely N-dealkylation sites (tertiary alicyclic amines) is 1. The fraction of sp³-hybridized carbons (Fsp3) is 0.536. The Bertz CT molecular complexity index is 1180. The van der Waals surface area contributed by atoms with Crippen LogP contribution in [-0.2, 0) is 15.8 Å². The van der Waals surface area contributed by atoms with Crippen LogP contribution in [0.4, 0.5) is 0 Å². The molecular formula is C28H36N2O5Si. The van der Waals surface area contributed by atoms with E-state index in [2.05, 4.69) is 43.9 Å². The van der Waals surface area contributed by atoms with E-state index >= 15 is 0 Å². The normalized spacial score (nSPS) is 26.7. The molecule has 3 aliphatic rings. The van der Waals surface area contributed by atoms with Crippen LogP contribution in [0.15, 0.2) is 47.0 Å². The van der Waals surface area contributed by atoms with E-state index in [1.54, 1.807) is 0 Å². The first-order chi connectivity index (χ1) is 17.1. The SMILES string of the molecule is CC(C)(C)[Si](C)(C)OC12C(=O)C=CCC1[C@H](N1CCCC1)c1onc(OCc3ccccc3)c1C2=O. The first-order valence-electron chi connectivity index (χ1n) is 12.9. The molecule has 2 aliphatic carbocycles. The van der Waals surface area contributed by atoms with Crippen LogP contribution in [-0.4, -0.2) is 48.6 Å². The van der Waals surface area contributed by atoms with Crippen LogP contribution in [0.3, 0.4) is 0 Å². The molecule has 2 heterocycles. The number of rotatable bonds is 6. The molecule has 192 valence electrons. The third-order valence-corrected chi connectivity index (χ3v) is 12.9. The predicted octanol–water partition coefficient (Wildman–Crippen LogP) is 5.49. The Morgan fingerprint density at radius 1 is 1.14 bits per heavy atom. The van der Waals surface area contributed by atoms with E-state index in [1.807, 2.05) is 36.4 Å². The lowest BCUT2D eigenvalue weighted by Gasteiger charge is -2.52. The van der Waals surface area contributed by atoms with E-state index in [0.29, 0.717) is 12.2 Å². The summed E-state index contributed by atoms with van der Waals surface area (Å²) in [7, 11) is -2.54. The van der Waals surface area contributed by atoms with Gasteiger partial charge in [-0.25, -0.2) is 0 Å². The average molecular weight is 509 g/mol. The van der Waals surface area contributed by atoms with Gasteiger partial charge in [0.05, 0.1) is 6.04 Å². The first-order valence-corrected chi connectivity index (χ1v) is 15.8. The quantitative estimate of drug-likeness (QED) is 0.377. The zero-order chi connectivity index (χ0) is 25.7. The van der Waals surface area contributed by atoms with Crippen LogP contribution >= 0.6 is 0 Å².